The molecular weight excluding hydrogens is 262 g/mol. The lowest BCUT2D eigenvalue weighted by atomic mass is 10.1. The first kappa shape index (κ1) is 16.9. The van der Waals surface area contributed by atoms with E-state index in [1.165, 1.54) is 7.11 Å². The summed E-state index contributed by atoms with van der Waals surface area (Å²) in [7, 11) is -2.23. The molecule has 8 heteroatoms. The molecule has 1 unspecified atom stereocenters. The molecule has 0 heterocycles. The molecule has 0 saturated heterocycles. The van der Waals surface area contributed by atoms with E-state index in [1.807, 2.05) is 0 Å². The van der Waals surface area contributed by atoms with E-state index in [-0.39, 0.29) is 37.5 Å². The second-order valence-corrected chi connectivity index (χ2v) is 5.98. The van der Waals surface area contributed by atoms with Crippen molar-refractivity contribution >= 4 is 22.0 Å². The molecule has 0 aromatic carbocycles. The maximum absolute atomic E-state index is 11.5. The summed E-state index contributed by atoms with van der Waals surface area (Å²) >= 11 is 0. The topological polar surface area (TPSA) is 110 Å². The van der Waals surface area contributed by atoms with E-state index in [1.54, 1.807) is 6.92 Å². The van der Waals surface area contributed by atoms with Gasteiger partial charge in [-0.15, -0.1) is 0 Å². The largest absolute Gasteiger partial charge is 0.481 e. The van der Waals surface area contributed by atoms with Crippen molar-refractivity contribution in [1.29, 1.82) is 0 Å². The summed E-state index contributed by atoms with van der Waals surface area (Å²) in [5, 5.41) is 8.51. The number of carbonyl (C=O) groups excluding carboxylic acids is 1. The minimum atomic E-state index is -3.47. The van der Waals surface area contributed by atoms with Crippen LogP contribution in [0.25, 0.3) is 0 Å². The van der Waals surface area contributed by atoms with Gasteiger partial charge in [-0.2, -0.15) is 0 Å². The van der Waals surface area contributed by atoms with Crippen LogP contribution in [0.3, 0.4) is 0 Å². The number of ether oxygens (including phenoxy) is 1. The predicted octanol–water partition coefficient (Wildman–Crippen LogP) is -0.0302. The Bertz CT molecular complexity index is 378. The van der Waals surface area contributed by atoms with Crippen LogP contribution >= 0.6 is 0 Å². The molecule has 0 aliphatic carbocycles. The first-order valence-electron chi connectivity index (χ1n) is 5.52. The van der Waals surface area contributed by atoms with E-state index in [9.17, 15) is 18.0 Å². The summed E-state index contributed by atoms with van der Waals surface area (Å²) < 4.78 is 29.7. The van der Waals surface area contributed by atoms with Gasteiger partial charge in [0.25, 0.3) is 0 Å². The van der Waals surface area contributed by atoms with Crippen LogP contribution in [-0.2, 0) is 24.3 Å². The molecule has 0 fully saturated rings. The quantitative estimate of drug-likeness (QED) is 0.574. The second-order valence-electron chi connectivity index (χ2n) is 4.05. The number of methoxy groups -OCH3 is 1. The Kier molecular flexibility index (Phi) is 7.53. The van der Waals surface area contributed by atoms with Gasteiger partial charge in [0, 0.05) is 19.4 Å². The lowest BCUT2D eigenvalue weighted by Gasteiger charge is -2.10. The molecule has 0 rings (SSSR count). The van der Waals surface area contributed by atoms with E-state index in [4.69, 9.17) is 5.11 Å². The van der Waals surface area contributed by atoms with Crippen molar-refractivity contribution in [2.24, 2.45) is 5.92 Å². The SMILES string of the molecule is COC(=O)CCCS(=O)(=O)NCC(C)CC(=O)O. The molecule has 0 aromatic rings. The fourth-order valence-electron chi connectivity index (χ4n) is 1.22. The molecule has 1 atom stereocenters. The number of rotatable bonds is 9. The number of carboxylic acid groups (broad SMARTS) is 1. The van der Waals surface area contributed by atoms with E-state index in [0.29, 0.717) is 0 Å². The Hall–Kier alpha value is -1.15. The molecule has 0 aliphatic heterocycles. The number of aliphatic carboxylic acids is 1. The molecule has 7 nitrogen and oxygen atoms in total. The molecular formula is C10H19NO6S. The van der Waals surface area contributed by atoms with Gasteiger partial charge in [0.05, 0.1) is 12.9 Å². The Morgan fingerprint density at radius 1 is 1.39 bits per heavy atom. The lowest BCUT2D eigenvalue weighted by Crippen LogP contribution is -2.31. The van der Waals surface area contributed by atoms with Gasteiger partial charge in [-0.25, -0.2) is 13.1 Å². The zero-order valence-electron chi connectivity index (χ0n) is 10.5. The number of hydrogen-bond donors (Lipinski definition) is 2. The highest BCUT2D eigenvalue weighted by Crippen LogP contribution is 2.02. The minimum Gasteiger partial charge on any atom is -0.481 e. The van der Waals surface area contributed by atoms with Crippen LogP contribution in [0, 0.1) is 5.92 Å². The maximum Gasteiger partial charge on any atom is 0.305 e. The number of carbonyl (C=O) groups is 2. The van der Waals surface area contributed by atoms with Crippen LogP contribution in [0.15, 0.2) is 0 Å². The molecule has 0 saturated carbocycles. The zero-order valence-corrected chi connectivity index (χ0v) is 11.3. The minimum absolute atomic E-state index is 0.0437. The van der Waals surface area contributed by atoms with Crippen LogP contribution in [0.4, 0.5) is 0 Å². The van der Waals surface area contributed by atoms with E-state index in [0.717, 1.165) is 0 Å². The molecule has 106 valence electrons. The number of nitrogens with one attached hydrogen (secondary N) is 1. The van der Waals surface area contributed by atoms with Crippen LogP contribution < -0.4 is 4.72 Å². The smallest absolute Gasteiger partial charge is 0.305 e. The normalized spacial score (nSPS) is 13.0. The van der Waals surface area contributed by atoms with Crippen molar-refractivity contribution < 1.29 is 27.9 Å². The Balaban J connectivity index is 3.94. The summed E-state index contributed by atoms with van der Waals surface area (Å²) in [5.41, 5.74) is 0. The standard InChI is InChI=1S/C10H19NO6S/c1-8(6-9(12)13)7-11-18(15,16)5-3-4-10(14)17-2/h8,11H,3-7H2,1-2H3,(H,12,13). The fraction of sp³-hybridized carbons (Fsp3) is 0.800. The van der Waals surface area contributed by atoms with Gasteiger partial charge < -0.3 is 9.84 Å². The van der Waals surface area contributed by atoms with Gasteiger partial charge in [-0.3, -0.25) is 9.59 Å². The first-order valence-corrected chi connectivity index (χ1v) is 7.18. The molecule has 0 amide bonds. The second kappa shape index (κ2) is 8.04. The number of sulfonamides is 1. The highest BCUT2D eigenvalue weighted by Gasteiger charge is 2.14. The van der Waals surface area contributed by atoms with Gasteiger partial charge >= 0.3 is 11.9 Å². The van der Waals surface area contributed by atoms with E-state index in [2.05, 4.69) is 9.46 Å². The zero-order chi connectivity index (χ0) is 14.2. The summed E-state index contributed by atoms with van der Waals surface area (Å²) in [6.45, 7) is 1.72. The van der Waals surface area contributed by atoms with Gasteiger partial charge in [0.15, 0.2) is 0 Å². The van der Waals surface area contributed by atoms with Crippen LogP contribution in [0.2, 0.25) is 0 Å². The fourth-order valence-corrected chi connectivity index (χ4v) is 2.43. The summed E-state index contributed by atoms with van der Waals surface area (Å²) in [5.74, 6) is -1.88. The molecule has 18 heavy (non-hydrogen) atoms. The third-order valence-electron chi connectivity index (χ3n) is 2.20. The predicted molar refractivity (Wildman–Crippen MR) is 64.5 cm³/mol. The van der Waals surface area contributed by atoms with Gasteiger partial charge in [0.2, 0.25) is 10.0 Å². The highest BCUT2D eigenvalue weighted by molar-refractivity contribution is 7.89. The van der Waals surface area contributed by atoms with Crippen molar-refractivity contribution in [1.82, 2.24) is 4.72 Å². The Morgan fingerprint density at radius 3 is 2.50 bits per heavy atom. The molecule has 0 spiro atoms. The third-order valence-corrected chi connectivity index (χ3v) is 3.63. The van der Waals surface area contributed by atoms with Crippen LogP contribution in [-0.4, -0.2) is 44.9 Å². The van der Waals surface area contributed by atoms with E-state index < -0.39 is 22.0 Å². The highest BCUT2D eigenvalue weighted by atomic mass is 32.2. The van der Waals surface area contributed by atoms with Crippen molar-refractivity contribution in [2.75, 3.05) is 19.4 Å². The van der Waals surface area contributed by atoms with Crippen LogP contribution in [0.1, 0.15) is 26.2 Å². The molecule has 0 aliphatic rings. The van der Waals surface area contributed by atoms with Gasteiger partial charge in [-0.1, -0.05) is 6.92 Å². The van der Waals surface area contributed by atoms with Gasteiger partial charge in [-0.05, 0) is 12.3 Å². The monoisotopic (exact) mass is 281 g/mol. The summed E-state index contributed by atoms with van der Waals surface area (Å²) in [4.78, 5) is 21.2. The average Bonchev–Trinajstić information content (AvgIpc) is 2.25. The molecule has 0 radical (unpaired) electrons. The van der Waals surface area contributed by atoms with Crippen LogP contribution in [0.5, 0.6) is 0 Å². The Morgan fingerprint density at radius 2 is 2.00 bits per heavy atom. The van der Waals surface area contributed by atoms with Crippen molar-refractivity contribution in [3.8, 4) is 0 Å². The maximum atomic E-state index is 11.5. The molecule has 0 bridgehead atoms. The van der Waals surface area contributed by atoms with Crippen molar-refractivity contribution in [3.63, 3.8) is 0 Å². The van der Waals surface area contributed by atoms with Crippen molar-refractivity contribution in [3.05, 3.63) is 0 Å². The number of hydrogen-bond acceptors (Lipinski definition) is 5. The van der Waals surface area contributed by atoms with Crippen molar-refractivity contribution in [2.45, 2.75) is 26.2 Å². The van der Waals surface area contributed by atoms with E-state index >= 15 is 0 Å². The lowest BCUT2D eigenvalue weighted by molar-refractivity contribution is -0.140. The van der Waals surface area contributed by atoms with Gasteiger partial charge in [0.1, 0.15) is 0 Å². The Labute approximate surface area is 107 Å². The summed E-state index contributed by atoms with van der Waals surface area (Å²) in [6.07, 6.45) is 0.127. The molecule has 0 aromatic heterocycles. The number of carboxylic acids is 1. The third kappa shape index (κ3) is 8.94. The average molecular weight is 281 g/mol. The first-order chi connectivity index (χ1) is 8.26. The summed E-state index contributed by atoms with van der Waals surface area (Å²) in [6, 6.07) is 0. The molecule has 2 N–H and O–H groups in total. The number of esters is 1.